The van der Waals surface area contributed by atoms with Crippen LogP contribution in [0.5, 0.6) is 0 Å². The van der Waals surface area contributed by atoms with Crippen LogP contribution in [-0.2, 0) is 14.3 Å². The smallest absolute Gasteiger partial charge is 0.396 e. The van der Waals surface area contributed by atoms with Crippen LogP contribution in [0.4, 0.5) is 5.69 Å². The molecule has 0 aliphatic carbocycles. The third-order valence-corrected chi connectivity index (χ3v) is 2.75. The predicted molar refractivity (Wildman–Crippen MR) is 59.5 cm³/mol. The van der Waals surface area contributed by atoms with Crippen LogP contribution in [0.1, 0.15) is 5.56 Å². The highest BCUT2D eigenvalue weighted by atomic mass is 79.9. The predicted octanol–water partition coefficient (Wildman–Crippen LogP) is 1.87. The fraction of sp³-hybridized carbons (Fsp3) is 0.200. The van der Waals surface area contributed by atoms with Crippen molar-refractivity contribution >= 4 is 33.5 Å². The Labute approximate surface area is 95.7 Å². The maximum Gasteiger partial charge on any atom is 0.396 e. The van der Waals surface area contributed by atoms with Crippen LogP contribution in [0.3, 0.4) is 0 Å². The van der Waals surface area contributed by atoms with E-state index in [1.54, 1.807) is 12.1 Å². The fourth-order valence-electron chi connectivity index (χ4n) is 1.01. The highest BCUT2D eigenvalue weighted by Crippen LogP contribution is 2.23. The monoisotopic (exact) mass is 271 g/mol. The molecule has 0 atom stereocenters. The van der Waals surface area contributed by atoms with Crippen LogP contribution in [-0.4, -0.2) is 19.0 Å². The van der Waals surface area contributed by atoms with Gasteiger partial charge in [0, 0.05) is 10.2 Å². The van der Waals surface area contributed by atoms with Crippen molar-refractivity contribution in [3.05, 3.63) is 28.2 Å². The van der Waals surface area contributed by atoms with Gasteiger partial charge in [0.25, 0.3) is 0 Å². The van der Waals surface area contributed by atoms with Crippen molar-refractivity contribution in [1.29, 1.82) is 0 Å². The Bertz CT molecular complexity index is 404. The van der Waals surface area contributed by atoms with E-state index in [0.717, 1.165) is 17.1 Å². The first kappa shape index (κ1) is 11.7. The molecule has 0 aromatic heterocycles. The summed E-state index contributed by atoms with van der Waals surface area (Å²) in [4.78, 5) is 22.1. The van der Waals surface area contributed by atoms with Gasteiger partial charge < -0.3 is 10.1 Å². The van der Waals surface area contributed by atoms with Crippen molar-refractivity contribution in [2.75, 3.05) is 12.4 Å². The molecule has 1 rings (SSSR count). The molecule has 1 aromatic rings. The van der Waals surface area contributed by atoms with E-state index in [1.807, 2.05) is 13.0 Å². The number of carbonyl (C=O) groups excluding carboxylic acids is 2. The van der Waals surface area contributed by atoms with Crippen molar-refractivity contribution in [2.45, 2.75) is 6.92 Å². The highest BCUT2D eigenvalue weighted by Gasteiger charge is 2.14. The van der Waals surface area contributed by atoms with Gasteiger partial charge in [-0.05, 0) is 24.6 Å². The second kappa shape index (κ2) is 4.93. The molecule has 0 bridgehead atoms. The van der Waals surface area contributed by atoms with Crippen molar-refractivity contribution in [3.63, 3.8) is 0 Å². The molecule has 5 heteroatoms. The fourth-order valence-corrected chi connectivity index (χ4v) is 1.38. The van der Waals surface area contributed by atoms with Crippen molar-refractivity contribution in [3.8, 4) is 0 Å². The molecule has 0 aliphatic rings. The minimum Gasteiger partial charge on any atom is -0.462 e. The first-order valence-corrected chi connectivity index (χ1v) is 5.00. The van der Waals surface area contributed by atoms with Gasteiger partial charge in [-0.25, -0.2) is 4.79 Å². The average Bonchev–Trinajstić information content (AvgIpc) is 2.23. The molecular weight excluding hydrogens is 262 g/mol. The number of halogens is 1. The van der Waals surface area contributed by atoms with Gasteiger partial charge in [-0.2, -0.15) is 0 Å². The molecular formula is C10H10BrNO3. The number of benzene rings is 1. The van der Waals surface area contributed by atoms with Gasteiger partial charge in [-0.1, -0.05) is 22.0 Å². The van der Waals surface area contributed by atoms with E-state index in [2.05, 4.69) is 26.0 Å². The summed E-state index contributed by atoms with van der Waals surface area (Å²) >= 11 is 3.32. The first-order valence-electron chi connectivity index (χ1n) is 4.20. The molecule has 0 radical (unpaired) electrons. The Kier molecular flexibility index (Phi) is 3.85. The van der Waals surface area contributed by atoms with Gasteiger partial charge in [0.05, 0.1) is 7.11 Å². The van der Waals surface area contributed by atoms with Crippen molar-refractivity contribution < 1.29 is 14.3 Å². The molecule has 0 spiro atoms. The molecule has 0 heterocycles. The Hall–Kier alpha value is -1.36. The molecule has 0 saturated heterocycles. The summed E-state index contributed by atoms with van der Waals surface area (Å²) < 4.78 is 5.16. The van der Waals surface area contributed by atoms with Gasteiger partial charge in [0.15, 0.2) is 0 Å². The number of amides is 1. The number of hydrogen-bond donors (Lipinski definition) is 1. The Morgan fingerprint density at radius 1 is 1.40 bits per heavy atom. The molecule has 0 unspecified atom stereocenters. The summed E-state index contributed by atoms with van der Waals surface area (Å²) in [7, 11) is 1.16. The van der Waals surface area contributed by atoms with Crippen LogP contribution >= 0.6 is 15.9 Å². The zero-order valence-corrected chi connectivity index (χ0v) is 9.92. The second-order valence-corrected chi connectivity index (χ2v) is 3.71. The lowest BCUT2D eigenvalue weighted by Gasteiger charge is -2.07. The topological polar surface area (TPSA) is 55.4 Å². The lowest BCUT2D eigenvalue weighted by atomic mass is 10.2. The quantitative estimate of drug-likeness (QED) is 0.627. The molecule has 0 aliphatic heterocycles. The molecule has 1 amide bonds. The summed E-state index contributed by atoms with van der Waals surface area (Å²) in [6.07, 6.45) is 0. The normalized spacial score (nSPS) is 9.53. The van der Waals surface area contributed by atoms with Crippen LogP contribution in [0, 0.1) is 6.92 Å². The molecule has 80 valence electrons. The number of methoxy groups -OCH3 is 1. The van der Waals surface area contributed by atoms with E-state index < -0.39 is 11.9 Å². The molecule has 4 nitrogen and oxygen atoms in total. The zero-order chi connectivity index (χ0) is 11.4. The largest absolute Gasteiger partial charge is 0.462 e. The molecule has 1 aromatic carbocycles. The second-order valence-electron chi connectivity index (χ2n) is 2.86. The molecule has 1 N–H and O–H groups in total. The zero-order valence-electron chi connectivity index (χ0n) is 8.33. The summed E-state index contributed by atoms with van der Waals surface area (Å²) in [6.45, 7) is 1.83. The lowest BCUT2D eigenvalue weighted by Crippen LogP contribution is -2.24. The average molecular weight is 272 g/mol. The van der Waals surface area contributed by atoms with Gasteiger partial charge >= 0.3 is 11.9 Å². The van der Waals surface area contributed by atoms with E-state index in [0.29, 0.717) is 5.69 Å². The van der Waals surface area contributed by atoms with Gasteiger partial charge in [-0.3, -0.25) is 4.79 Å². The lowest BCUT2D eigenvalue weighted by molar-refractivity contribution is -0.150. The van der Waals surface area contributed by atoms with E-state index in [9.17, 15) is 9.59 Å². The van der Waals surface area contributed by atoms with Crippen molar-refractivity contribution in [1.82, 2.24) is 0 Å². The Balaban J connectivity index is 2.86. The number of carbonyl (C=O) groups is 2. The number of rotatable bonds is 1. The Morgan fingerprint density at radius 2 is 2.07 bits per heavy atom. The summed E-state index contributed by atoms with van der Waals surface area (Å²) in [5.41, 5.74) is 1.44. The van der Waals surface area contributed by atoms with E-state index >= 15 is 0 Å². The molecule has 0 saturated carbocycles. The Morgan fingerprint density at radius 3 is 2.67 bits per heavy atom. The minimum atomic E-state index is -0.908. The first-order chi connectivity index (χ1) is 7.06. The summed E-state index contributed by atoms with van der Waals surface area (Å²) in [6, 6.07) is 5.33. The standard InChI is InChI=1S/C10H10BrNO3/c1-6-7(11)4-3-5-8(6)12-9(13)10(14)15-2/h3-5H,1-2H3,(H,12,13). The SMILES string of the molecule is COC(=O)C(=O)Nc1cccc(Br)c1C. The van der Waals surface area contributed by atoms with Crippen LogP contribution in [0.2, 0.25) is 0 Å². The van der Waals surface area contributed by atoms with Crippen LogP contribution < -0.4 is 5.32 Å². The number of anilines is 1. The maximum atomic E-state index is 11.2. The number of hydrogen-bond acceptors (Lipinski definition) is 3. The van der Waals surface area contributed by atoms with Gasteiger partial charge in [0.1, 0.15) is 0 Å². The van der Waals surface area contributed by atoms with Crippen LogP contribution in [0.25, 0.3) is 0 Å². The third-order valence-electron chi connectivity index (χ3n) is 1.89. The van der Waals surface area contributed by atoms with E-state index in [-0.39, 0.29) is 0 Å². The van der Waals surface area contributed by atoms with Gasteiger partial charge in [0.2, 0.25) is 0 Å². The van der Waals surface area contributed by atoms with E-state index in [1.165, 1.54) is 0 Å². The third kappa shape index (κ3) is 2.79. The summed E-state index contributed by atoms with van der Waals surface area (Å²) in [5, 5.41) is 2.46. The summed E-state index contributed by atoms with van der Waals surface area (Å²) in [5.74, 6) is -1.69. The van der Waals surface area contributed by atoms with Crippen LogP contribution in [0.15, 0.2) is 22.7 Å². The number of ether oxygens (including phenoxy) is 1. The van der Waals surface area contributed by atoms with E-state index in [4.69, 9.17) is 0 Å². The number of esters is 1. The highest BCUT2D eigenvalue weighted by molar-refractivity contribution is 9.10. The maximum absolute atomic E-state index is 11.2. The molecule has 0 fully saturated rings. The van der Waals surface area contributed by atoms with Crippen molar-refractivity contribution in [2.24, 2.45) is 0 Å². The molecule has 15 heavy (non-hydrogen) atoms. The minimum absolute atomic E-state index is 0.583. The number of nitrogens with one attached hydrogen (secondary N) is 1. The van der Waals surface area contributed by atoms with Gasteiger partial charge in [-0.15, -0.1) is 0 Å².